The van der Waals surface area contributed by atoms with Crippen molar-refractivity contribution in [1.82, 2.24) is 9.97 Å². The second-order valence-electron chi connectivity index (χ2n) is 4.50. The van der Waals surface area contributed by atoms with Crippen LogP contribution in [-0.2, 0) is 0 Å². The number of anilines is 1. The number of hydrogen-bond acceptors (Lipinski definition) is 6. The molecule has 0 saturated carbocycles. The van der Waals surface area contributed by atoms with E-state index in [0.29, 0.717) is 11.3 Å². The lowest BCUT2D eigenvalue weighted by atomic mass is 10.1. The summed E-state index contributed by atoms with van der Waals surface area (Å²) < 4.78 is 0. The SMILES string of the molecule is N#Cc1c(-c2ccccc2)nc(NN=Cc2cccs2)[nH]c1=O. The Morgan fingerprint density at radius 3 is 2.78 bits per heavy atom. The number of nitriles is 1. The predicted molar refractivity (Wildman–Crippen MR) is 90.5 cm³/mol. The van der Waals surface area contributed by atoms with Gasteiger partial charge in [-0.2, -0.15) is 10.4 Å². The Kier molecular flexibility index (Phi) is 4.27. The minimum absolute atomic E-state index is 0.0241. The minimum atomic E-state index is -0.504. The third kappa shape index (κ3) is 3.33. The first-order valence-corrected chi connectivity index (χ1v) is 7.58. The van der Waals surface area contributed by atoms with E-state index < -0.39 is 5.56 Å². The van der Waals surface area contributed by atoms with Crippen LogP contribution in [0.15, 0.2) is 57.7 Å². The molecule has 2 heterocycles. The molecule has 0 radical (unpaired) electrons. The summed E-state index contributed by atoms with van der Waals surface area (Å²) in [7, 11) is 0. The molecule has 6 nitrogen and oxygen atoms in total. The molecule has 3 rings (SSSR count). The van der Waals surface area contributed by atoms with Gasteiger partial charge in [-0.3, -0.25) is 9.78 Å². The first-order chi connectivity index (χ1) is 11.3. The van der Waals surface area contributed by atoms with Crippen molar-refractivity contribution in [1.29, 1.82) is 5.26 Å². The van der Waals surface area contributed by atoms with Gasteiger partial charge in [0.1, 0.15) is 11.6 Å². The lowest BCUT2D eigenvalue weighted by Gasteiger charge is -2.05. The van der Waals surface area contributed by atoms with E-state index in [1.54, 1.807) is 29.7 Å². The van der Waals surface area contributed by atoms with Crippen LogP contribution in [0.4, 0.5) is 5.95 Å². The molecule has 0 aliphatic heterocycles. The Labute approximate surface area is 135 Å². The molecule has 3 aromatic rings. The van der Waals surface area contributed by atoms with Crippen LogP contribution in [0, 0.1) is 11.3 Å². The zero-order chi connectivity index (χ0) is 16.1. The van der Waals surface area contributed by atoms with E-state index in [-0.39, 0.29) is 11.5 Å². The minimum Gasteiger partial charge on any atom is -0.290 e. The average molecular weight is 321 g/mol. The summed E-state index contributed by atoms with van der Waals surface area (Å²) >= 11 is 1.54. The Balaban J connectivity index is 1.95. The molecule has 0 bridgehead atoms. The fourth-order valence-electron chi connectivity index (χ4n) is 1.96. The van der Waals surface area contributed by atoms with Crippen LogP contribution in [0.5, 0.6) is 0 Å². The van der Waals surface area contributed by atoms with E-state index in [1.807, 2.05) is 41.8 Å². The Morgan fingerprint density at radius 2 is 2.09 bits per heavy atom. The number of nitrogens with zero attached hydrogens (tertiary/aromatic N) is 3. The van der Waals surface area contributed by atoms with Gasteiger partial charge in [-0.05, 0) is 11.4 Å². The van der Waals surface area contributed by atoms with E-state index in [1.165, 1.54) is 0 Å². The van der Waals surface area contributed by atoms with Crippen LogP contribution in [0.1, 0.15) is 10.4 Å². The van der Waals surface area contributed by atoms with Crippen LogP contribution in [-0.4, -0.2) is 16.2 Å². The van der Waals surface area contributed by atoms with Gasteiger partial charge in [0.05, 0.1) is 11.9 Å². The maximum Gasteiger partial charge on any atom is 0.270 e. The molecule has 23 heavy (non-hydrogen) atoms. The Bertz CT molecular complexity index is 923. The van der Waals surface area contributed by atoms with Gasteiger partial charge in [0.2, 0.25) is 5.95 Å². The normalized spacial score (nSPS) is 10.6. The van der Waals surface area contributed by atoms with Gasteiger partial charge >= 0.3 is 0 Å². The molecule has 2 N–H and O–H groups in total. The zero-order valence-corrected chi connectivity index (χ0v) is 12.7. The molecule has 0 fully saturated rings. The molecule has 0 amide bonds. The lowest BCUT2D eigenvalue weighted by molar-refractivity contribution is 1.08. The molecule has 0 spiro atoms. The summed E-state index contributed by atoms with van der Waals surface area (Å²) in [5.41, 5.74) is 3.18. The van der Waals surface area contributed by atoms with Crippen LogP contribution in [0.2, 0.25) is 0 Å². The first kappa shape index (κ1) is 14.7. The fraction of sp³-hybridized carbons (Fsp3) is 0. The molecule has 0 atom stereocenters. The monoisotopic (exact) mass is 321 g/mol. The molecule has 2 aromatic heterocycles. The van der Waals surface area contributed by atoms with Gasteiger partial charge in [-0.1, -0.05) is 36.4 Å². The van der Waals surface area contributed by atoms with Crippen molar-refractivity contribution in [2.75, 3.05) is 5.43 Å². The molecule has 7 heteroatoms. The lowest BCUT2D eigenvalue weighted by Crippen LogP contribution is -2.16. The van der Waals surface area contributed by atoms with E-state index >= 15 is 0 Å². The van der Waals surface area contributed by atoms with Crippen molar-refractivity contribution in [3.05, 3.63) is 68.6 Å². The van der Waals surface area contributed by atoms with Crippen molar-refractivity contribution in [3.63, 3.8) is 0 Å². The smallest absolute Gasteiger partial charge is 0.270 e. The second kappa shape index (κ2) is 6.68. The number of aromatic amines is 1. The van der Waals surface area contributed by atoms with Gasteiger partial charge in [-0.15, -0.1) is 11.3 Å². The quantitative estimate of drug-likeness (QED) is 0.570. The summed E-state index contributed by atoms with van der Waals surface area (Å²) in [5.74, 6) is 0.181. The third-order valence-corrected chi connectivity index (χ3v) is 3.79. The number of rotatable bonds is 4. The highest BCUT2D eigenvalue weighted by Gasteiger charge is 2.12. The van der Waals surface area contributed by atoms with E-state index in [2.05, 4.69) is 20.5 Å². The fourth-order valence-corrected chi connectivity index (χ4v) is 2.54. The first-order valence-electron chi connectivity index (χ1n) is 6.70. The summed E-state index contributed by atoms with van der Waals surface area (Å²) in [5, 5.41) is 15.2. The Hall–Kier alpha value is -3.24. The number of benzene rings is 1. The Morgan fingerprint density at radius 1 is 1.26 bits per heavy atom. The summed E-state index contributed by atoms with van der Waals surface area (Å²) in [4.78, 5) is 19.8. The highest BCUT2D eigenvalue weighted by Crippen LogP contribution is 2.19. The number of thiophene rings is 1. The number of hydrazone groups is 1. The highest BCUT2D eigenvalue weighted by atomic mass is 32.1. The van der Waals surface area contributed by atoms with Crippen LogP contribution in [0.3, 0.4) is 0 Å². The van der Waals surface area contributed by atoms with E-state index in [9.17, 15) is 10.1 Å². The van der Waals surface area contributed by atoms with Crippen molar-refractivity contribution < 1.29 is 0 Å². The summed E-state index contributed by atoms with van der Waals surface area (Å²) in [6, 6.07) is 14.8. The van der Waals surface area contributed by atoms with Crippen molar-refractivity contribution in [2.24, 2.45) is 5.10 Å². The molecule has 0 aliphatic carbocycles. The van der Waals surface area contributed by atoms with Crippen molar-refractivity contribution >= 4 is 23.5 Å². The molecular formula is C16H11N5OS. The maximum absolute atomic E-state index is 12.0. The zero-order valence-electron chi connectivity index (χ0n) is 11.9. The standard InChI is InChI=1S/C16H11N5OS/c17-9-13-14(11-5-2-1-3-6-11)19-16(20-15(13)22)21-18-10-12-7-4-8-23-12/h1-8,10H,(H2,19,20,21,22). The van der Waals surface area contributed by atoms with Gasteiger partial charge in [0, 0.05) is 10.4 Å². The average Bonchev–Trinajstić information content (AvgIpc) is 3.08. The van der Waals surface area contributed by atoms with E-state index in [4.69, 9.17) is 0 Å². The highest BCUT2D eigenvalue weighted by molar-refractivity contribution is 7.11. The number of H-pyrrole nitrogens is 1. The molecule has 1 aromatic carbocycles. The van der Waals surface area contributed by atoms with E-state index in [0.717, 1.165) is 4.88 Å². The molecule has 0 unspecified atom stereocenters. The van der Waals surface area contributed by atoms with Gasteiger partial charge in [0.15, 0.2) is 0 Å². The summed E-state index contributed by atoms with van der Waals surface area (Å²) in [6.07, 6.45) is 1.63. The van der Waals surface area contributed by atoms with Crippen LogP contribution >= 0.6 is 11.3 Å². The predicted octanol–water partition coefficient (Wildman–Crippen LogP) is 2.82. The second-order valence-corrected chi connectivity index (χ2v) is 5.48. The molecule has 112 valence electrons. The number of aromatic nitrogens is 2. The molecule has 0 aliphatic rings. The largest absolute Gasteiger partial charge is 0.290 e. The third-order valence-electron chi connectivity index (χ3n) is 2.98. The number of nitrogens with one attached hydrogen (secondary N) is 2. The summed E-state index contributed by atoms with van der Waals surface area (Å²) in [6.45, 7) is 0. The maximum atomic E-state index is 12.0. The van der Waals surface area contributed by atoms with Gasteiger partial charge < -0.3 is 0 Å². The van der Waals surface area contributed by atoms with Crippen LogP contribution < -0.4 is 11.0 Å². The van der Waals surface area contributed by atoms with Gasteiger partial charge in [0.25, 0.3) is 5.56 Å². The molecule has 0 saturated heterocycles. The number of hydrogen-bond donors (Lipinski definition) is 2. The van der Waals surface area contributed by atoms with Gasteiger partial charge in [-0.25, -0.2) is 10.4 Å². The van der Waals surface area contributed by atoms with Crippen molar-refractivity contribution in [3.8, 4) is 17.3 Å². The van der Waals surface area contributed by atoms with Crippen molar-refractivity contribution in [2.45, 2.75) is 0 Å². The topological polar surface area (TPSA) is 93.9 Å². The molecular weight excluding hydrogens is 310 g/mol. The van der Waals surface area contributed by atoms with Crippen LogP contribution in [0.25, 0.3) is 11.3 Å².